The fourth-order valence-electron chi connectivity index (χ4n) is 3.93. The van der Waals surface area contributed by atoms with Crippen LogP contribution in [-0.4, -0.2) is 69.3 Å². The molecule has 0 aliphatic rings. The van der Waals surface area contributed by atoms with Gasteiger partial charge in [0, 0.05) is 37.4 Å². The normalized spacial score (nSPS) is 10.4. The number of ether oxygens (including phenoxy) is 3. The summed E-state index contributed by atoms with van der Waals surface area (Å²) in [5, 5.41) is 13.8. The van der Waals surface area contributed by atoms with Crippen LogP contribution in [0, 0.1) is 11.3 Å². The number of hydrogen-bond donors (Lipinski definition) is 1. The first-order valence-corrected chi connectivity index (χ1v) is 13.4. The number of nitrogens with one attached hydrogen (secondary N) is 1. The van der Waals surface area contributed by atoms with Gasteiger partial charge in [0.2, 0.25) is 5.91 Å². The van der Waals surface area contributed by atoms with Crippen LogP contribution in [0.4, 0.5) is 10.5 Å². The van der Waals surface area contributed by atoms with E-state index in [0.29, 0.717) is 61.8 Å². The van der Waals surface area contributed by atoms with Crippen molar-refractivity contribution in [3.05, 3.63) is 76.0 Å². The molecule has 0 spiro atoms. The maximum Gasteiger partial charge on any atom is 0.322 e. The van der Waals surface area contributed by atoms with Crippen molar-refractivity contribution in [1.82, 2.24) is 9.80 Å². The third kappa shape index (κ3) is 9.02. The standard InChI is InChI=1S/C29H34N4O5S/c1-36-16-5-14-33(29(35)31-24-10-7-23(19-30)8-11-24)21-28(34)32(20-25-6-4-17-39-25)15-13-22-9-12-26(37-2)27(18-22)38-3/h4,6-12,17-18H,5,13-16,20-21H2,1-3H3,(H,31,35). The molecule has 206 valence electrons. The first-order chi connectivity index (χ1) is 19.0. The number of amides is 3. The Morgan fingerprint density at radius 1 is 0.974 bits per heavy atom. The van der Waals surface area contributed by atoms with E-state index in [9.17, 15) is 9.59 Å². The molecule has 0 saturated heterocycles. The summed E-state index contributed by atoms with van der Waals surface area (Å²) in [7, 11) is 4.79. The molecule has 1 heterocycles. The molecule has 2 aromatic carbocycles. The van der Waals surface area contributed by atoms with Gasteiger partial charge < -0.3 is 29.3 Å². The minimum atomic E-state index is -0.389. The Morgan fingerprint density at radius 2 is 1.74 bits per heavy atom. The number of benzene rings is 2. The summed E-state index contributed by atoms with van der Waals surface area (Å²) in [6.07, 6.45) is 1.19. The summed E-state index contributed by atoms with van der Waals surface area (Å²) in [6, 6.07) is 17.9. The molecule has 39 heavy (non-hydrogen) atoms. The van der Waals surface area contributed by atoms with Crippen LogP contribution < -0.4 is 14.8 Å². The largest absolute Gasteiger partial charge is 0.493 e. The molecule has 1 N–H and O–H groups in total. The molecule has 0 bridgehead atoms. The van der Waals surface area contributed by atoms with Crippen LogP contribution in [0.1, 0.15) is 22.4 Å². The number of hydrogen-bond acceptors (Lipinski definition) is 7. The van der Waals surface area contributed by atoms with Gasteiger partial charge in [-0.05, 0) is 66.2 Å². The van der Waals surface area contributed by atoms with Crippen molar-refractivity contribution >= 4 is 29.0 Å². The highest BCUT2D eigenvalue weighted by Gasteiger charge is 2.22. The van der Waals surface area contributed by atoms with E-state index in [1.165, 1.54) is 4.90 Å². The number of carbonyl (C=O) groups excluding carboxylic acids is 2. The lowest BCUT2D eigenvalue weighted by Gasteiger charge is -2.28. The summed E-state index contributed by atoms with van der Waals surface area (Å²) in [4.78, 5) is 31.1. The van der Waals surface area contributed by atoms with Gasteiger partial charge in [0.25, 0.3) is 0 Å². The van der Waals surface area contributed by atoms with Crippen LogP contribution in [0.15, 0.2) is 60.0 Å². The van der Waals surface area contributed by atoms with Crippen LogP contribution in [0.25, 0.3) is 0 Å². The summed E-state index contributed by atoms with van der Waals surface area (Å²) in [5.74, 6) is 1.12. The van der Waals surface area contributed by atoms with E-state index in [4.69, 9.17) is 19.5 Å². The number of carbonyl (C=O) groups is 2. The predicted octanol–water partition coefficient (Wildman–Crippen LogP) is 4.78. The topological polar surface area (TPSA) is 104 Å². The lowest BCUT2D eigenvalue weighted by atomic mass is 10.1. The van der Waals surface area contributed by atoms with Crippen molar-refractivity contribution in [2.75, 3.05) is 52.9 Å². The van der Waals surface area contributed by atoms with Crippen molar-refractivity contribution in [2.45, 2.75) is 19.4 Å². The van der Waals surface area contributed by atoms with Crippen LogP contribution in [-0.2, 0) is 22.5 Å². The molecule has 0 radical (unpaired) electrons. The van der Waals surface area contributed by atoms with Gasteiger partial charge in [0.1, 0.15) is 6.54 Å². The Hall–Kier alpha value is -4.07. The monoisotopic (exact) mass is 550 g/mol. The number of urea groups is 1. The summed E-state index contributed by atoms with van der Waals surface area (Å²) >= 11 is 1.59. The summed E-state index contributed by atoms with van der Waals surface area (Å²) in [6.45, 7) is 1.66. The van der Waals surface area contributed by atoms with Crippen molar-refractivity contribution in [2.24, 2.45) is 0 Å². The second-order valence-corrected chi connectivity index (χ2v) is 9.75. The van der Waals surface area contributed by atoms with Gasteiger partial charge in [-0.25, -0.2) is 4.79 Å². The highest BCUT2D eigenvalue weighted by atomic mass is 32.1. The average molecular weight is 551 g/mol. The Labute approximate surface area is 233 Å². The summed E-state index contributed by atoms with van der Waals surface area (Å²) in [5.41, 5.74) is 2.05. The SMILES string of the molecule is COCCCN(CC(=O)N(CCc1ccc(OC)c(OC)c1)Cc1cccs1)C(=O)Nc1ccc(C#N)cc1. The Kier molecular flexibility index (Phi) is 11.6. The Morgan fingerprint density at radius 3 is 2.38 bits per heavy atom. The van der Waals surface area contributed by atoms with Gasteiger partial charge in [-0.1, -0.05) is 12.1 Å². The van der Waals surface area contributed by atoms with Gasteiger partial charge >= 0.3 is 6.03 Å². The lowest BCUT2D eigenvalue weighted by Crippen LogP contribution is -2.45. The van der Waals surface area contributed by atoms with Crippen molar-refractivity contribution in [1.29, 1.82) is 5.26 Å². The lowest BCUT2D eigenvalue weighted by molar-refractivity contribution is -0.132. The number of nitrogens with zero attached hydrogens (tertiary/aromatic N) is 3. The van der Waals surface area contributed by atoms with E-state index in [1.54, 1.807) is 61.8 Å². The first kappa shape index (κ1) is 29.5. The van der Waals surface area contributed by atoms with Gasteiger partial charge in [-0.3, -0.25) is 4.79 Å². The third-order valence-corrected chi connectivity index (χ3v) is 6.91. The molecule has 0 aliphatic heterocycles. The van der Waals surface area contributed by atoms with Crippen LogP contribution in [0.2, 0.25) is 0 Å². The molecule has 3 amide bonds. The van der Waals surface area contributed by atoms with Crippen molar-refractivity contribution in [3.63, 3.8) is 0 Å². The maximum absolute atomic E-state index is 13.6. The number of methoxy groups -OCH3 is 3. The quantitative estimate of drug-likeness (QED) is 0.290. The van der Waals surface area contributed by atoms with Gasteiger partial charge in [0.05, 0.1) is 32.4 Å². The molecule has 9 nitrogen and oxygen atoms in total. The molecular weight excluding hydrogens is 516 g/mol. The molecule has 0 aliphatic carbocycles. The molecule has 0 unspecified atom stereocenters. The number of thiophene rings is 1. The molecule has 10 heteroatoms. The molecule has 0 atom stereocenters. The maximum atomic E-state index is 13.6. The highest BCUT2D eigenvalue weighted by Crippen LogP contribution is 2.28. The number of nitriles is 1. The Bertz CT molecular complexity index is 1240. The van der Waals surface area contributed by atoms with E-state index in [2.05, 4.69) is 11.4 Å². The van der Waals surface area contributed by atoms with E-state index >= 15 is 0 Å². The van der Waals surface area contributed by atoms with Crippen LogP contribution >= 0.6 is 11.3 Å². The fourth-order valence-corrected chi connectivity index (χ4v) is 4.65. The molecular formula is C29H34N4O5S. The van der Waals surface area contributed by atoms with E-state index in [0.717, 1.165) is 10.4 Å². The number of anilines is 1. The van der Waals surface area contributed by atoms with Gasteiger partial charge in [-0.2, -0.15) is 5.26 Å². The third-order valence-electron chi connectivity index (χ3n) is 6.05. The smallest absolute Gasteiger partial charge is 0.322 e. The molecule has 0 fully saturated rings. The second kappa shape index (κ2) is 15.4. The van der Waals surface area contributed by atoms with Crippen molar-refractivity contribution in [3.8, 4) is 17.6 Å². The molecule has 0 saturated carbocycles. The van der Waals surface area contributed by atoms with Gasteiger partial charge in [0.15, 0.2) is 11.5 Å². The molecule has 3 aromatic rings. The second-order valence-electron chi connectivity index (χ2n) is 8.72. The van der Waals surface area contributed by atoms with E-state index in [-0.39, 0.29) is 18.5 Å². The fraction of sp³-hybridized carbons (Fsp3) is 0.345. The predicted molar refractivity (Wildman–Crippen MR) is 151 cm³/mol. The van der Waals surface area contributed by atoms with Gasteiger partial charge in [-0.15, -0.1) is 11.3 Å². The molecule has 3 rings (SSSR count). The zero-order chi connectivity index (χ0) is 28.0. The minimum absolute atomic E-state index is 0.0802. The first-order valence-electron chi connectivity index (χ1n) is 12.5. The Balaban J connectivity index is 1.73. The number of rotatable bonds is 14. The highest BCUT2D eigenvalue weighted by molar-refractivity contribution is 7.09. The minimum Gasteiger partial charge on any atom is -0.493 e. The van der Waals surface area contributed by atoms with Crippen LogP contribution in [0.3, 0.4) is 0 Å². The molecule has 1 aromatic heterocycles. The van der Waals surface area contributed by atoms with Crippen LogP contribution in [0.5, 0.6) is 11.5 Å². The zero-order valence-corrected chi connectivity index (χ0v) is 23.3. The van der Waals surface area contributed by atoms with Crippen molar-refractivity contribution < 1.29 is 23.8 Å². The van der Waals surface area contributed by atoms with E-state index < -0.39 is 0 Å². The summed E-state index contributed by atoms with van der Waals surface area (Å²) < 4.78 is 15.9. The van der Waals surface area contributed by atoms with E-state index in [1.807, 2.05) is 35.7 Å². The zero-order valence-electron chi connectivity index (χ0n) is 22.5. The average Bonchev–Trinajstić information content (AvgIpc) is 3.48.